The van der Waals surface area contributed by atoms with Crippen molar-refractivity contribution in [2.75, 3.05) is 19.1 Å². The quantitative estimate of drug-likeness (QED) is 0.590. The minimum atomic E-state index is -0.392. The number of rotatable bonds is 1. The highest BCUT2D eigenvalue weighted by atomic mass is 79.9. The summed E-state index contributed by atoms with van der Waals surface area (Å²) in [6, 6.07) is 7.59. The van der Waals surface area contributed by atoms with Crippen molar-refractivity contribution in [2.24, 2.45) is 4.99 Å². The highest BCUT2D eigenvalue weighted by Gasteiger charge is 2.21. The Labute approximate surface area is 108 Å². The van der Waals surface area contributed by atoms with Crippen LogP contribution in [-0.4, -0.2) is 24.9 Å². The van der Waals surface area contributed by atoms with Crippen molar-refractivity contribution in [1.82, 2.24) is 0 Å². The summed E-state index contributed by atoms with van der Waals surface area (Å²) in [5, 5.41) is 0. The largest absolute Gasteiger partial charge is 0.465 e. The van der Waals surface area contributed by atoms with E-state index in [9.17, 15) is 4.79 Å². The maximum Gasteiger partial charge on any atom is 0.340 e. The Morgan fingerprint density at radius 2 is 2.12 bits per heavy atom. The van der Waals surface area contributed by atoms with Crippen LogP contribution >= 0.6 is 15.9 Å². The minimum absolute atomic E-state index is 0.392. The third kappa shape index (κ3) is 2.10. The smallest absolute Gasteiger partial charge is 0.340 e. The Bertz CT molecular complexity index is 523. The number of hydrogen-bond acceptors (Lipinski definition) is 4. The summed E-state index contributed by atoms with van der Waals surface area (Å²) in [5.74, 6) is -0.392. The summed E-state index contributed by atoms with van der Waals surface area (Å²) >= 11 is 3.35. The van der Waals surface area contributed by atoms with Crippen molar-refractivity contribution in [3.05, 3.63) is 36.0 Å². The van der Waals surface area contributed by atoms with Gasteiger partial charge < -0.3 is 9.64 Å². The molecule has 0 saturated heterocycles. The van der Waals surface area contributed by atoms with Gasteiger partial charge in [0, 0.05) is 18.8 Å². The summed E-state index contributed by atoms with van der Waals surface area (Å²) in [6.07, 6.45) is 1.51. The zero-order chi connectivity index (χ0) is 12.4. The monoisotopic (exact) mass is 294 g/mol. The molecular weight excluding hydrogens is 284 g/mol. The van der Waals surface area contributed by atoms with Crippen LogP contribution in [0.25, 0.3) is 5.57 Å². The van der Waals surface area contributed by atoms with Crippen molar-refractivity contribution in [2.45, 2.75) is 0 Å². The highest BCUT2D eigenvalue weighted by molar-refractivity contribution is 9.18. The fourth-order valence-electron chi connectivity index (χ4n) is 1.64. The number of para-hydroxylation sites is 1. The third-order valence-corrected chi connectivity index (χ3v) is 3.27. The predicted octanol–water partition coefficient (Wildman–Crippen LogP) is 2.40. The van der Waals surface area contributed by atoms with Gasteiger partial charge in [0.2, 0.25) is 0 Å². The average Bonchev–Trinajstić information content (AvgIpc) is 2.49. The van der Waals surface area contributed by atoms with Crippen LogP contribution < -0.4 is 4.90 Å². The summed E-state index contributed by atoms with van der Waals surface area (Å²) in [4.78, 5) is 17.7. The first-order valence-electron chi connectivity index (χ1n) is 5.00. The number of ether oxygens (including phenoxy) is 1. The van der Waals surface area contributed by atoms with Gasteiger partial charge in [0.15, 0.2) is 4.74 Å². The van der Waals surface area contributed by atoms with Crippen molar-refractivity contribution >= 4 is 37.9 Å². The predicted molar refractivity (Wildman–Crippen MR) is 71.2 cm³/mol. The van der Waals surface area contributed by atoms with E-state index in [4.69, 9.17) is 4.74 Å². The molecule has 0 atom stereocenters. The summed E-state index contributed by atoms with van der Waals surface area (Å²) in [6.45, 7) is 0. The van der Waals surface area contributed by atoms with E-state index >= 15 is 0 Å². The number of carbonyl (C=O) groups is 1. The zero-order valence-electron chi connectivity index (χ0n) is 9.48. The average molecular weight is 295 g/mol. The lowest BCUT2D eigenvalue weighted by Gasteiger charge is -2.18. The lowest BCUT2D eigenvalue weighted by Crippen LogP contribution is -2.21. The molecule has 2 rings (SSSR count). The van der Waals surface area contributed by atoms with Gasteiger partial charge in [-0.3, -0.25) is 0 Å². The number of fused-ring (bicyclic) bond motifs is 1. The lowest BCUT2D eigenvalue weighted by molar-refractivity contribution is -0.133. The molecule has 0 radical (unpaired) electrons. The number of halogens is 1. The molecule has 1 aromatic carbocycles. The molecule has 0 amide bonds. The summed E-state index contributed by atoms with van der Waals surface area (Å²) < 4.78 is 5.40. The van der Waals surface area contributed by atoms with Gasteiger partial charge in [0.1, 0.15) is 0 Å². The second kappa shape index (κ2) is 4.71. The maximum absolute atomic E-state index is 11.7. The lowest BCUT2D eigenvalue weighted by atomic mass is 10.0. The molecule has 17 heavy (non-hydrogen) atoms. The molecule has 1 aliphatic rings. The van der Waals surface area contributed by atoms with Gasteiger partial charge in [-0.25, -0.2) is 9.79 Å². The molecule has 0 spiro atoms. The second-order valence-electron chi connectivity index (χ2n) is 3.51. The number of esters is 1. The fourth-order valence-corrected chi connectivity index (χ4v) is 1.93. The van der Waals surface area contributed by atoms with E-state index in [1.165, 1.54) is 13.3 Å². The normalized spacial score (nSPS) is 14.4. The second-order valence-corrected chi connectivity index (χ2v) is 4.22. The molecule has 4 nitrogen and oxygen atoms in total. The molecule has 0 unspecified atom stereocenters. The van der Waals surface area contributed by atoms with Gasteiger partial charge in [0.05, 0.1) is 18.4 Å². The number of nitrogens with zero attached hydrogens (tertiary/aromatic N) is 2. The Balaban J connectivity index is 2.62. The molecule has 0 saturated carbocycles. The van der Waals surface area contributed by atoms with E-state index in [1.807, 2.05) is 36.2 Å². The van der Waals surface area contributed by atoms with E-state index in [0.717, 1.165) is 11.3 Å². The van der Waals surface area contributed by atoms with Gasteiger partial charge in [-0.2, -0.15) is 0 Å². The third-order valence-electron chi connectivity index (χ3n) is 2.54. The Kier molecular flexibility index (Phi) is 3.28. The topological polar surface area (TPSA) is 41.9 Å². The summed E-state index contributed by atoms with van der Waals surface area (Å²) in [5.41, 5.74) is 2.15. The Morgan fingerprint density at radius 1 is 1.41 bits per heavy atom. The van der Waals surface area contributed by atoms with Gasteiger partial charge in [0.25, 0.3) is 0 Å². The van der Waals surface area contributed by atoms with Crippen LogP contribution in [0.3, 0.4) is 0 Å². The fraction of sp³-hybridized carbons (Fsp3) is 0.167. The minimum Gasteiger partial charge on any atom is -0.465 e. The van der Waals surface area contributed by atoms with Crippen LogP contribution in [0.2, 0.25) is 0 Å². The Hall–Kier alpha value is -1.62. The van der Waals surface area contributed by atoms with E-state index < -0.39 is 5.97 Å². The molecule has 1 heterocycles. The van der Waals surface area contributed by atoms with Crippen LogP contribution in [0.4, 0.5) is 5.69 Å². The number of aliphatic imine (C=N–C) groups is 1. The van der Waals surface area contributed by atoms with E-state index in [0.29, 0.717) is 10.3 Å². The molecule has 1 aliphatic heterocycles. The van der Waals surface area contributed by atoms with Crippen LogP contribution in [0.1, 0.15) is 5.56 Å². The maximum atomic E-state index is 11.7. The SMILES string of the molecule is COC(=O)C1=CN=C(Br)N(C)c2ccccc21. The molecule has 88 valence electrons. The van der Waals surface area contributed by atoms with Gasteiger partial charge >= 0.3 is 5.97 Å². The number of amidine groups is 1. The van der Waals surface area contributed by atoms with Crippen LogP contribution in [0, 0.1) is 0 Å². The van der Waals surface area contributed by atoms with Crippen molar-refractivity contribution < 1.29 is 9.53 Å². The first kappa shape index (κ1) is 11.9. The van der Waals surface area contributed by atoms with Gasteiger partial charge in [-0.1, -0.05) is 18.2 Å². The van der Waals surface area contributed by atoms with E-state index in [1.54, 1.807) is 0 Å². The number of carbonyl (C=O) groups excluding carboxylic acids is 1. The number of anilines is 1. The first-order valence-corrected chi connectivity index (χ1v) is 5.79. The van der Waals surface area contributed by atoms with Gasteiger partial charge in [-0.05, 0) is 22.0 Å². The van der Waals surface area contributed by atoms with E-state index in [-0.39, 0.29) is 0 Å². The number of hydrogen-bond donors (Lipinski definition) is 0. The molecule has 0 aromatic heterocycles. The molecule has 5 heteroatoms. The number of methoxy groups -OCH3 is 1. The molecule has 1 aromatic rings. The van der Waals surface area contributed by atoms with Crippen molar-refractivity contribution in [1.29, 1.82) is 0 Å². The first-order chi connectivity index (χ1) is 8.15. The highest BCUT2D eigenvalue weighted by Crippen LogP contribution is 2.30. The molecule has 0 bridgehead atoms. The van der Waals surface area contributed by atoms with E-state index in [2.05, 4.69) is 20.9 Å². The Morgan fingerprint density at radius 3 is 2.82 bits per heavy atom. The van der Waals surface area contributed by atoms with Gasteiger partial charge in [-0.15, -0.1) is 0 Å². The van der Waals surface area contributed by atoms with Crippen molar-refractivity contribution in [3.63, 3.8) is 0 Å². The van der Waals surface area contributed by atoms with Crippen molar-refractivity contribution in [3.8, 4) is 0 Å². The standard InChI is InChI=1S/C12H11BrN2O2/c1-15-10-6-4-3-5-8(10)9(11(16)17-2)7-14-12(15)13/h3-7H,1-2H3. The molecule has 0 N–H and O–H groups in total. The zero-order valence-corrected chi connectivity index (χ0v) is 11.1. The van der Waals surface area contributed by atoms with Crippen LogP contribution in [-0.2, 0) is 9.53 Å². The number of benzene rings is 1. The molecule has 0 fully saturated rings. The van der Waals surface area contributed by atoms with Crippen LogP contribution in [0.5, 0.6) is 0 Å². The van der Waals surface area contributed by atoms with Crippen LogP contribution in [0.15, 0.2) is 35.5 Å². The molecular formula is C12H11BrN2O2. The molecule has 0 aliphatic carbocycles. The summed E-state index contributed by atoms with van der Waals surface area (Å²) in [7, 11) is 3.24.